The summed E-state index contributed by atoms with van der Waals surface area (Å²) in [6.07, 6.45) is 1.67. The molecule has 0 bridgehead atoms. The number of carbonyl (C=O) groups is 1. The van der Waals surface area contributed by atoms with Gasteiger partial charge in [0, 0.05) is 5.56 Å². The van der Waals surface area contributed by atoms with Gasteiger partial charge in [-0.15, -0.1) is 0 Å². The summed E-state index contributed by atoms with van der Waals surface area (Å²) in [5, 5.41) is 2.86. The van der Waals surface area contributed by atoms with Crippen LogP contribution in [0.25, 0.3) is 0 Å². The number of carbonyl (C=O) groups excluding carboxylic acids is 1. The first kappa shape index (κ1) is 13.9. The summed E-state index contributed by atoms with van der Waals surface area (Å²) in [4.78, 5) is 12.2. The highest BCUT2D eigenvalue weighted by molar-refractivity contribution is 6.05. The number of hydrogen-bond donors (Lipinski definition) is 1. The molecular formula is C17H17NO2. The molecule has 20 heavy (non-hydrogen) atoms. The van der Waals surface area contributed by atoms with Crippen molar-refractivity contribution in [3.05, 3.63) is 72.3 Å². The molecule has 0 aliphatic rings. The molecular weight excluding hydrogens is 250 g/mol. The predicted molar refractivity (Wildman–Crippen MR) is 81.3 cm³/mol. The van der Waals surface area contributed by atoms with Gasteiger partial charge in [0.15, 0.2) is 0 Å². The Kier molecular flexibility index (Phi) is 4.56. The lowest BCUT2D eigenvalue weighted by molar-refractivity contribution is 0.102. The number of rotatable bonds is 5. The fourth-order valence-electron chi connectivity index (χ4n) is 1.74. The van der Waals surface area contributed by atoms with Crippen molar-refractivity contribution in [2.75, 3.05) is 11.9 Å². The van der Waals surface area contributed by atoms with Crippen molar-refractivity contribution in [2.45, 2.75) is 6.92 Å². The molecule has 0 aromatic heterocycles. The maximum Gasteiger partial charge on any atom is 0.255 e. The zero-order chi connectivity index (χ0) is 14.4. The Labute approximate surface area is 118 Å². The van der Waals surface area contributed by atoms with Crippen molar-refractivity contribution in [2.24, 2.45) is 0 Å². The van der Waals surface area contributed by atoms with E-state index in [9.17, 15) is 4.79 Å². The highest BCUT2D eigenvalue weighted by atomic mass is 16.5. The minimum Gasteiger partial charge on any atom is -0.487 e. The van der Waals surface area contributed by atoms with E-state index in [0.29, 0.717) is 23.6 Å². The zero-order valence-electron chi connectivity index (χ0n) is 11.4. The first-order chi connectivity index (χ1) is 9.70. The van der Waals surface area contributed by atoms with Gasteiger partial charge in [0.05, 0.1) is 5.69 Å². The maximum atomic E-state index is 12.2. The van der Waals surface area contributed by atoms with E-state index in [0.717, 1.165) is 5.56 Å². The van der Waals surface area contributed by atoms with Crippen LogP contribution in [-0.2, 0) is 0 Å². The minimum atomic E-state index is -0.153. The monoisotopic (exact) mass is 267 g/mol. The van der Waals surface area contributed by atoms with Gasteiger partial charge in [-0.05, 0) is 31.2 Å². The second kappa shape index (κ2) is 6.57. The van der Waals surface area contributed by atoms with Gasteiger partial charge in [-0.3, -0.25) is 4.79 Å². The number of hydrogen-bond acceptors (Lipinski definition) is 2. The normalized spacial score (nSPS) is 9.85. The maximum absolute atomic E-state index is 12.2. The van der Waals surface area contributed by atoms with Crippen LogP contribution in [0.4, 0.5) is 5.69 Å². The number of amides is 1. The average molecular weight is 267 g/mol. The van der Waals surface area contributed by atoms with Gasteiger partial charge in [-0.25, -0.2) is 0 Å². The smallest absolute Gasteiger partial charge is 0.255 e. The van der Waals surface area contributed by atoms with Crippen LogP contribution in [0.5, 0.6) is 5.75 Å². The Bertz CT molecular complexity index is 603. The molecule has 0 radical (unpaired) electrons. The van der Waals surface area contributed by atoms with Crippen LogP contribution < -0.4 is 10.1 Å². The molecule has 102 valence electrons. The fourth-order valence-corrected chi connectivity index (χ4v) is 1.74. The molecule has 2 rings (SSSR count). The molecule has 0 spiro atoms. The largest absolute Gasteiger partial charge is 0.487 e. The Hall–Kier alpha value is -2.55. The molecule has 0 atom stereocenters. The van der Waals surface area contributed by atoms with Crippen molar-refractivity contribution < 1.29 is 9.53 Å². The quantitative estimate of drug-likeness (QED) is 0.836. The number of ether oxygens (including phenoxy) is 1. The fraction of sp³-hybridized carbons (Fsp3) is 0.118. The molecule has 2 aromatic carbocycles. The van der Waals surface area contributed by atoms with Crippen LogP contribution in [0.2, 0.25) is 0 Å². The minimum absolute atomic E-state index is 0.153. The number of para-hydroxylation sites is 2. The second-order valence-corrected chi connectivity index (χ2v) is 4.42. The van der Waals surface area contributed by atoms with E-state index in [1.807, 2.05) is 43.3 Å². The highest BCUT2D eigenvalue weighted by Crippen LogP contribution is 2.24. The molecule has 1 N–H and O–H groups in total. The average Bonchev–Trinajstić information content (AvgIpc) is 2.47. The van der Waals surface area contributed by atoms with E-state index in [1.165, 1.54) is 0 Å². The Morgan fingerprint density at radius 1 is 1.20 bits per heavy atom. The van der Waals surface area contributed by atoms with Gasteiger partial charge in [-0.2, -0.15) is 0 Å². The third kappa shape index (κ3) is 3.48. The van der Waals surface area contributed by atoms with Crippen molar-refractivity contribution in [3.8, 4) is 5.75 Å². The molecule has 3 heteroatoms. The SMILES string of the molecule is C=CCOc1ccccc1NC(=O)c1ccc(C)cc1. The third-order valence-corrected chi connectivity index (χ3v) is 2.81. The molecule has 1 amide bonds. The summed E-state index contributed by atoms with van der Waals surface area (Å²) >= 11 is 0. The summed E-state index contributed by atoms with van der Waals surface area (Å²) in [5.41, 5.74) is 2.39. The molecule has 0 heterocycles. The van der Waals surface area contributed by atoms with Crippen LogP contribution in [0.3, 0.4) is 0 Å². The van der Waals surface area contributed by atoms with Crippen LogP contribution in [0, 0.1) is 6.92 Å². The molecule has 0 unspecified atom stereocenters. The first-order valence-electron chi connectivity index (χ1n) is 6.41. The number of nitrogens with one attached hydrogen (secondary N) is 1. The third-order valence-electron chi connectivity index (χ3n) is 2.81. The summed E-state index contributed by atoms with van der Waals surface area (Å²) in [6, 6.07) is 14.8. The summed E-state index contributed by atoms with van der Waals surface area (Å²) in [7, 11) is 0. The van der Waals surface area contributed by atoms with Gasteiger partial charge >= 0.3 is 0 Å². The standard InChI is InChI=1S/C17H17NO2/c1-3-12-20-16-7-5-4-6-15(16)18-17(19)14-10-8-13(2)9-11-14/h3-11H,1,12H2,2H3,(H,18,19). The van der Waals surface area contributed by atoms with E-state index >= 15 is 0 Å². The lowest BCUT2D eigenvalue weighted by Crippen LogP contribution is -2.12. The van der Waals surface area contributed by atoms with E-state index in [2.05, 4.69) is 11.9 Å². The summed E-state index contributed by atoms with van der Waals surface area (Å²) in [5.74, 6) is 0.479. The molecule has 0 saturated heterocycles. The van der Waals surface area contributed by atoms with Crippen molar-refractivity contribution in [3.63, 3.8) is 0 Å². The molecule has 3 nitrogen and oxygen atoms in total. The topological polar surface area (TPSA) is 38.3 Å². The lowest BCUT2D eigenvalue weighted by Gasteiger charge is -2.11. The van der Waals surface area contributed by atoms with Crippen molar-refractivity contribution in [1.29, 1.82) is 0 Å². The van der Waals surface area contributed by atoms with Gasteiger partial charge in [0.2, 0.25) is 0 Å². The van der Waals surface area contributed by atoms with Crippen LogP contribution in [0.15, 0.2) is 61.2 Å². The molecule has 0 fully saturated rings. The molecule has 0 aliphatic heterocycles. The zero-order valence-corrected chi connectivity index (χ0v) is 11.4. The van der Waals surface area contributed by atoms with Crippen LogP contribution >= 0.6 is 0 Å². The molecule has 0 saturated carbocycles. The lowest BCUT2D eigenvalue weighted by atomic mass is 10.1. The molecule has 0 aliphatic carbocycles. The van der Waals surface area contributed by atoms with E-state index in [-0.39, 0.29) is 5.91 Å². The van der Waals surface area contributed by atoms with Gasteiger partial charge in [0.25, 0.3) is 5.91 Å². The van der Waals surface area contributed by atoms with Gasteiger partial charge in [0.1, 0.15) is 12.4 Å². The Morgan fingerprint density at radius 3 is 2.60 bits per heavy atom. The van der Waals surface area contributed by atoms with E-state index < -0.39 is 0 Å². The summed E-state index contributed by atoms with van der Waals surface area (Å²) < 4.78 is 5.51. The highest BCUT2D eigenvalue weighted by Gasteiger charge is 2.09. The van der Waals surface area contributed by atoms with Crippen molar-refractivity contribution >= 4 is 11.6 Å². The van der Waals surface area contributed by atoms with Crippen LogP contribution in [0.1, 0.15) is 15.9 Å². The van der Waals surface area contributed by atoms with E-state index in [1.54, 1.807) is 18.2 Å². The Morgan fingerprint density at radius 2 is 1.90 bits per heavy atom. The molecule has 2 aromatic rings. The Balaban J connectivity index is 2.15. The predicted octanol–water partition coefficient (Wildman–Crippen LogP) is 3.81. The number of anilines is 1. The first-order valence-corrected chi connectivity index (χ1v) is 6.41. The van der Waals surface area contributed by atoms with Gasteiger partial charge in [-0.1, -0.05) is 42.5 Å². The van der Waals surface area contributed by atoms with E-state index in [4.69, 9.17) is 4.74 Å². The number of aryl methyl sites for hydroxylation is 1. The van der Waals surface area contributed by atoms with Crippen LogP contribution in [-0.4, -0.2) is 12.5 Å². The number of benzene rings is 2. The van der Waals surface area contributed by atoms with Crippen molar-refractivity contribution in [1.82, 2.24) is 0 Å². The summed E-state index contributed by atoms with van der Waals surface area (Å²) in [6.45, 7) is 6.00. The second-order valence-electron chi connectivity index (χ2n) is 4.42. The van der Waals surface area contributed by atoms with Gasteiger partial charge < -0.3 is 10.1 Å².